The number of rotatable bonds is 4. The predicted molar refractivity (Wildman–Crippen MR) is 73.4 cm³/mol. The fraction of sp³-hybridized carbons (Fsp3) is 0.500. The molecule has 7 heteroatoms. The van der Waals surface area contributed by atoms with Gasteiger partial charge in [0.1, 0.15) is 5.76 Å². The van der Waals surface area contributed by atoms with E-state index < -0.39 is 5.82 Å². The molecule has 2 aromatic rings. The Bertz CT molecular complexity index is 601. The molecular formula is C14H17FN4O2. The van der Waals surface area contributed by atoms with Crippen molar-refractivity contribution in [3.63, 3.8) is 0 Å². The highest BCUT2D eigenvalue weighted by Crippen LogP contribution is 2.26. The Labute approximate surface area is 121 Å². The topological polar surface area (TPSA) is 64.3 Å². The average molecular weight is 292 g/mol. The van der Waals surface area contributed by atoms with E-state index >= 15 is 0 Å². The van der Waals surface area contributed by atoms with Gasteiger partial charge in [0.2, 0.25) is 5.95 Å². The first-order chi connectivity index (χ1) is 10.2. The van der Waals surface area contributed by atoms with Crippen LogP contribution < -0.4 is 4.90 Å². The van der Waals surface area contributed by atoms with Crippen molar-refractivity contribution in [3.05, 3.63) is 35.7 Å². The second-order valence-corrected chi connectivity index (χ2v) is 5.28. The van der Waals surface area contributed by atoms with Gasteiger partial charge in [0.05, 0.1) is 24.2 Å². The monoisotopic (exact) mass is 292 g/mol. The molecule has 21 heavy (non-hydrogen) atoms. The van der Waals surface area contributed by atoms with Gasteiger partial charge in [0.15, 0.2) is 5.82 Å². The Kier molecular flexibility index (Phi) is 3.83. The molecule has 1 saturated heterocycles. The largest absolute Gasteiger partial charge is 0.379 e. The highest BCUT2D eigenvalue weighted by molar-refractivity contribution is 5.32. The minimum absolute atomic E-state index is 0.0593. The Morgan fingerprint density at radius 2 is 2.14 bits per heavy atom. The maximum absolute atomic E-state index is 12.9. The average Bonchev–Trinajstić information content (AvgIpc) is 3.06. The molecule has 3 heterocycles. The van der Waals surface area contributed by atoms with Crippen molar-refractivity contribution in [2.45, 2.75) is 19.4 Å². The Morgan fingerprint density at radius 1 is 1.38 bits per heavy atom. The van der Waals surface area contributed by atoms with Crippen molar-refractivity contribution in [2.24, 2.45) is 5.92 Å². The van der Waals surface area contributed by atoms with Gasteiger partial charge in [-0.25, -0.2) is 14.4 Å². The third kappa shape index (κ3) is 3.02. The molecule has 0 radical (unpaired) electrons. The number of nitrogens with zero attached hydrogens (tertiary/aromatic N) is 4. The molecule has 112 valence electrons. The number of ether oxygens (including phenoxy) is 1. The van der Waals surface area contributed by atoms with Crippen LogP contribution in [0.5, 0.6) is 0 Å². The maximum Gasteiger partial charge on any atom is 0.225 e. The fourth-order valence-electron chi connectivity index (χ4n) is 2.71. The normalized spacial score (nSPS) is 22.0. The van der Waals surface area contributed by atoms with E-state index in [1.54, 1.807) is 7.11 Å². The molecule has 2 aromatic heterocycles. The molecular weight excluding hydrogens is 275 g/mol. The van der Waals surface area contributed by atoms with Crippen molar-refractivity contribution in [2.75, 3.05) is 25.1 Å². The summed E-state index contributed by atoms with van der Waals surface area (Å²) >= 11 is 0. The smallest absolute Gasteiger partial charge is 0.225 e. The molecule has 0 spiro atoms. The van der Waals surface area contributed by atoms with Gasteiger partial charge in [-0.3, -0.25) is 0 Å². The molecule has 1 aliphatic heterocycles. The summed E-state index contributed by atoms with van der Waals surface area (Å²) in [4.78, 5) is 10.0. The lowest BCUT2D eigenvalue weighted by Gasteiger charge is -2.14. The van der Waals surface area contributed by atoms with Crippen LogP contribution in [0.1, 0.15) is 11.5 Å². The summed E-state index contributed by atoms with van der Waals surface area (Å²) in [6.45, 7) is 3.32. The number of aromatic nitrogens is 3. The quantitative estimate of drug-likeness (QED) is 0.853. The zero-order valence-electron chi connectivity index (χ0n) is 12.0. The molecule has 0 unspecified atom stereocenters. The van der Waals surface area contributed by atoms with Crippen LogP contribution >= 0.6 is 0 Å². The van der Waals surface area contributed by atoms with E-state index in [0.29, 0.717) is 12.5 Å². The lowest BCUT2D eigenvalue weighted by atomic mass is 10.0. The molecule has 1 fully saturated rings. The first kappa shape index (κ1) is 13.9. The van der Waals surface area contributed by atoms with Crippen molar-refractivity contribution < 1.29 is 13.7 Å². The first-order valence-corrected chi connectivity index (χ1v) is 6.83. The number of hydrogen-bond acceptors (Lipinski definition) is 6. The van der Waals surface area contributed by atoms with Crippen LogP contribution in [0.3, 0.4) is 0 Å². The Balaban J connectivity index is 1.71. The number of hydrogen-bond donors (Lipinski definition) is 0. The molecule has 3 rings (SSSR count). The fourth-order valence-corrected chi connectivity index (χ4v) is 2.71. The van der Waals surface area contributed by atoms with Gasteiger partial charge in [-0.1, -0.05) is 5.16 Å². The SMILES string of the molecule is CO[C@H]1CN(c2ncc(F)cn2)C[C@H]1Cc1cc(C)no1. The number of aryl methyl sites for hydroxylation is 1. The van der Waals surface area contributed by atoms with Crippen molar-refractivity contribution in [1.29, 1.82) is 0 Å². The zero-order chi connectivity index (χ0) is 14.8. The van der Waals surface area contributed by atoms with Crippen molar-refractivity contribution in [1.82, 2.24) is 15.1 Å². The summed E-state index contributed by atoms with van der Waals surface area (Å²) in [5, 5.41) is 3.90. The predicted octanol–water partition coefficient (Wildman–Crippen LogP) is 1.61. The molecule has 6 nitrogen and oxygen atoms in total. The Morgan fingerprint density at radius 3 is 2.76 bits per heavy atom. The first-order valence-electron chi connectivity index (χ1n) is 6.83. The number of halogens is 1. The van der Waals surface area contributed by atoms with E-state index in [4.69, 9.17) is 9.26 Å². The minimum Gasteiger partial charge on any atom is -0.379 e. The van der Waals surface area contributed by atoms with Gasteiger partial charge in [-0.05, 0) is 6.92 Å². The number of anilines is 1. The van der Waals surface area contributed by atoms with Gasteiger partial charge in [0.25, 0.3) is 0 Å². The Hall–Kier alpha value is -2.02. The van der Waals surface area contributed by atoms with Gasteiger partial charge >= 0.3 is 0 Å². The molecule has 0 amide bonds. The van der Waals surface area contributed by atoms with Gasteiger partial charge in [0, 0.05) is 38.6 Å². The van der Waals surface area contributed by atoms with Crippen molar-refractivity contribution in [3.8, 4) is 0 Å². The molecule has 0 aliphatic carbocycles. The van der Waals surface area contributed by atoms with Crippen LogP contribution in [0.4, 0.5) is 10.3 Å². The van der Waals surface area contributed by atoms with E-state index in [-0.39, 0.29) is 12.0 Å². The summed E-state index contributed by atoms with van der Waals surface area (Å²) in [5.74, 6) is 1.20. The van der Waals surface area contributed by atoms with E-state index in [1.807, 2.05) is 17.9 Å². The van der Waals surface area contributed by atoms with Gasteiger partial charge < -0.3 is 14.2 Å². The van der Waals surface area contributed by atoms with Crippen LogP contribution in [0, 0.1) is 18.7 Å². The summed E-state index contributed by atoms with van der Waals surface area (Å²) in [6.07, 6.45) is 3.16. The van der Waals surface area contributed by atoms with E-state index in [1.165, 1.54) is 12.4 Å². The van der Waals surface area contributed by atoms with Crippen LogP contribution in [-0.2, 0) is 11.2 Å². The second-order valence-electron chi connectivity index (χ2n) is 5.28. The highest BCUT2D eigenvalue weighted by atomic mass is 19.1. The summed E-state index contributed by atoms with van der Waals surface area (Å²) in [6, 6.07) is 1.93. The lowest BCUT2D eigenvalue weighted by Crippen LogP contribution is -2.24. The van der Waals surface area contributed by atoms with E-state index in [0.717, 1.165) is 24.4 Å². The second kappa shape index (κ2) is 5.77. The minimum atomic E-state index is -0.435. The number of methoxy groups -OCH3 is 1. The third-order valence-electron chi connectivity index (χ3n) is 3.71. The molecule has 2 atom stereocenters. The van der Waals surface area contributed by atoms with Crippen LogP contribution in [0.2, 0.25) is 0 Å². The standard InChI is InChI=1S/C14H17FN4O2/c1-9-3-12(21-18-9)4-10-7-19(8-13(10)20-2)14-16-5-11(15)6-17-14/h3,5-6,10,13H,4,7-8H2,1-2H3/t10-,13+/m1/s1. The molecule has 1 aliphatic rings. The molecule has 0 aromatic carbocycles. The summed E-state index contributed by atoms with van der Waals surface area (Å²) < 4.78 is 23.7. The van der Waals surface area contributed by atoms with Gasteiger partial charge in [-0.15, -0.1) is 0 Å². The third-order valence-corrected chi connectivity index (χ3v) is 3.71. The molecule has 0 bridgehead atoms. The zero-order valence-corrected chi connectivity index (χ0v) is 12.0. The maximum atomic E-state index is 12.9. The highest BCUT2D eigenvalue weighted by Gasteiger charge is 2.35. The van der Waals surface area contributed by atoms with E-state index in [9.17, 15) is 4.39 Å². The van der Waals surface area contributed by atoms with Gasteiger partial charge in [-0.2, -0.15) is 0 Å². The summed E-state index contributed by atoms with van der Waals surface area (Å²) in [7, 11) is 1.69. The summed E-state index contributed by atoms with van der Waals surface area (Å²) in [5.41, 5.74) is 0.871. The molecule has 0 saturated carbocycles. The van der Waals surface area contributed by atoms with Crippen LogP contribution in [0.15, 0.2) is 23.0 Å². The molecule has 0 N–H and O–H groups in total. The van der Waals surface area contributed by atoms with Crippen LogP contribution in [0.25, 0.3) is 0 Å². The van der Waals surface area contributed by atoms with Crippen LogP contribution in [-0.4, -0.2) is 41.4 Å². The van der Waals surface area contributed by atoms with Crippen molar-refractivity contribution >= 4 is 5.95 Å². The van der Waals surface area contributed by atoms with E-state index in [2.05, 4.69) is 15.1 Å². The lowest BCUT2D eigenvalue weighted by molar-refractivity contribution is 0.0812.